The summed E-state index contributed by atoms with van der Waals surface area (Å²) < 4.78 is 0. The molecule has 4 heteroatoms. The van der Waals surface area contributed by atoms with Crippen LogP contribution in [0.3, 0.4) is 0 Å². The highest BCUT2D eigenvalue weighted by Gasteiger charge is 2.10. The summed E-state index contributed by atoms with van der Waals surface area (Å²) >= 11 is 0. The Kier molecular flexibility index (Phi) is 3.92. The minimum Gasteiger partial charge on any atom is -0.298 e. The molecule has 1 N–H and O–H groups in total. The van der Waals surface area contributed by atoms with E-state index in [0.717, 1.165) is 0 Å². The van der Waals surface area contributed by atoms with E-state index in [2.05, 4.69) is 22.8 Å². The van der Waals surface area contributed by atoms with Crippen LogP contribution in [0.1, 0.15) is 27.6 Å². The largest absolute Gasteiger partial charge is 0.298 e. The van der Waals surface area contributed by atoms with E-state index >= 15 is 0 Å². The number of carbonyl (C=O) groups excluding carboxylic acids is 2. The van der Waals surface area contributed by atoms with Crippen LogP contribution in [0.5, 0.6) is 0 Å². The first kappa shape index (κ1) is 10.8. The molecule has 0 spiro atoms. The number of carbonyl (C=O) groups is 2. The van der Waals surface area contributed by atoms with Crippen molar-refractivity contribution in [3.05, 3.63) is 35.4 Å². The van der Waals surface area contributed by atoms with Crippen LogP contribution in [-0.2, 0) is 0 Å². The Morgan fingerprint density at radius 2 is 2.20 bits per heavy atom. The highest BCUT2D eigenvalue weighted by Crippen LogP contribution is 2.05. The second-order valence-electron chi connectivity index (χ2n) is 2.61. The predicted molar refractivity (Wildman–Crippen MR) is 54.9 cm³/mol. The summed E-state index contributed by atoms with van der Waals surface area (Å²) in [5.41, 5.74) is 6.33. The maximum absolute atomic E-state index is 11.4. The standard InChI is InChI=1S/C11H9N2O2/c1-2-7-12-13-11(15)10-6-4-3-5-9(10)8-14/h3-6,8,12H,1H3. The van der Waals surface area contributed by atoms with Crippen molar-refractivity contribution >= 4 is 12.2 Å². The van der Waals surface area contributed by atoms with Gasteiger partial charge in [0.05, 0.1) is 5.56 Å². The van der Waals surface area contributed by atoms with E-state index in [1.165, 1.54) is 6.07 Å². The summed E-state index contributed by atoms with van der Waals surface area (Å²) in [6.07, 6.45) is 0.619. The van der Waals surface area contributed by atoms with Crippen molar-refractivity contribution in [2.75, 3.05) is 0 Å². The molecule has 0 heterocycles. The summed E-state index contributed by atoms with van der Waals surface area (Å²) in [6, 6.07) is 8.85. The van der Waals surface area contributed by atoms with Crippen LogP contribution in [0.4, 0.5) is 0 Å². The topological polar surface area (TPSA) is 60.3 Å². The molecule has 0 bridgehead atoms. The van der Waals surface area contributed by atoms with Crippen LogP contribution in [0.25, 0.3) is 0 Å². The van der Waals surface area contributed by atoms with Crippen molar-refractivity contribution in [1.82, 2.24) is 10.9 Å². The number of hydrogen-bond acceptors (Lipinski definition) is 3. The van der Waals surface area contributed by atoms with E-state index in [1.54, 1.807) is 25.1 Å². The first-order chi connectivity index (χ1) is 7.29. The number of hydrogen-bond donors (Lipinski definition) is 1. The van der Waals surface area contributed by atoms with Crippen LogP contribution < -0.4 is 10.9 Å². The molecule has 0 unspecified atom stereocenters. The van der Waals surface area contributed by atoms with Crippen molar-refractivity contribution < 1.29 is 9.59 Å². The number of nitrogens with zero attached hydrogens (tertiary/aromatic N) is 1. The molecular weight excluding hydrogens is 192 g/mol. The molecule has 0 saturated heterocycles. The maximum Gasteiger partial charge on any atom is 0.294 e. The van der Waals surface area contributed by atoms with E-state index in [9.17, 15) is 9.59 Å². The van der Waals surface area contributed by atoms with Gasteiger partial charge in [0, 0.05) is 11.6 Å². The van der Waals surface area contributed by atoms with E-state index < -0.39 is 5.91 Å². The van der Waals surface area contributed by atoms with Crippen LogP contribution >= 0.6 is 0 Å². The van der Waals surface area contributed by atoms with Gasteiger partial charge in [-0.15, -0.1) is 5.43 Å². The lowest BCUT2D eigenvalue weighted by Gasteiger charge is -2.01. The summed E-state index contributed by atoms with van der Waals surface area (Å²) in [6.45, 7) is 1.62. The van der Waals surface area contributed by atoms with Gasteiger partial charge in [-0.1, -0.05) is 24.1 Å². The molecule has 0 atom stereocenters. The number of aldehydes is 1. The van der Waals surface area contributed by atoms with Gasteiger partial charge in [0.15, 0.2) is 6.29 Å². The lowest BCUT2D eigenvalue weighted by Crippen LogP contribution is -2.27. The van der Waals surface area contributed by atoms with E-state index in [-0.39, 0.29) is 5.56 Å². The molecule has 0 aliphatic carbocycles. The molecule has 1 radical (unpaired) electrons. The minimum absolute atomic E-state index is 0.262. The van der Waals surface area contributed by atoms with Gasteiger partial charge in [0.1, 0.15) is 0 Å². The predicted octanol–water partition coefficient (Wildman–Crippen LogP) is 0.729. The molecule has 0 saturated carbocycles. The van der Waals surface area contributed by atoms with Crippen molar-refractivity contribution in [2.24, 2.45) is 0 Å². The number of benzene rings is 1. The van der Waals surface area contributed by atoms with E-state index in [0.29, 0.717) is 11.8 Å². The molecule has 0 aliphatic rings. The Hall–Kier alpha value is -2.28. The minimum atomic E-state index is -0.513. The van der Waals surface area contributed by atoms with Gasteiger partial charge >= 0.3 is 0 Å². The summed E-state index contributed by atoms with van der Waals surface area (Å²) in [5.74, 6) is 2.01. The fraction of sp³-hybridized carbons (Fsp3) is 0.0909. The Bertz CT molecular complexity index is 430. The third kappa shape index (κ3) is 2.85. The SMILES string of the molecule is CC#CN[N]C(=O)c1ccccc1C=O. The third-order valence-corrected chi connectivity index (χ3v) is 1.66. The van der Waals surface area contributed by atoms with Gasteiger partial charge in [-0.05, 0) is 13.0 Å². The summed E-state index contributed by atoms with van der Waals surface area (Å²) in [5, 5.41) is 0. The normalized spacial score (nSPS) is 8.33. The Labute approximate surface area is 87.6 Å². The average molecular weight is 201 g/mol. The monoisotopic (exact) mass is 201 g/mol. The summed E-state index contributed by atoms with van der Waals surface area (Å²) in [4.78, 5) is 22.1. The van der Waals surface area contributed by atoms with Crippen LogP contribution in [-0.4, -0.2) is 12.2 Å². The Morgan fingerprint density at radius 3 is 2.87 bits per heavy atom. The summed E-state index contributed by atoms with van der Waals surface area (Å²) in [7, 11) is 0. The fourth-order valence-electron chi connectivity index (χ4n) is 0.989. The zero-order chi connectivity index (χ0) is 11.1. The van der Waals surface area contributed by atoms with Crippen molar-refractivity contribution in [3.63, 3.8) is 0 Å². The van der Waals surface area contributed by atoms with E-state index in [4.69, 9.17) is 0 Å². The molecule has 1 amide bonds. The van der Waals surface area contributed by atoms with Gasteiger partial charge < -0.3 is 0 Å². The van der Waals surface area contributed by atoms with Crippen molar-refractivity contribution in [1.29, 1.82) is 0 Å². The second-order valence-corrected chi connectivity index (χ2v) is 2.61. The molecular formula is C11H9N2O2. The smallest absolute Gasteiger partial charge is 0.294 e. The van der Waals surface area contributed by atoms with E-state index in [1.807, 2.05) is 0 Å². The average Bonchev–Trinajstić information content (AvgIpc) is 2.29. The molecule has 4 nitrogen and oxygen atoms in total. The number of rotatable bonds is 3. The van der Waals surface area contributed by atoms with Gasteiger partial charge in [0.2, 0.25) is 0 Å². The van der Waals surface area contributed by atoms with Crippen LogP contribution in [0.2, 0.25) is 0 Å². The molecule has 75 valence electrons. The lowest BCUT2D eigenvalue weighted by molar-refractivity contribution is 0.0932. The molecule has 1 aromatic rings. The first-order valence-corrected chi connectivity index (χ1v) is 4.25. The highest BCUT2D eigenvalue weighted by atomic mass is 16.2. The van der Waals surface area contributed by atoms with Gasteiger partial charge in [-0.2, -0.15) is 0 Å². The van der Waals surface area contributed by atoms with Crippen LogP contribution in [0, 0.1) is 12.0 Å². The quantitative estimate of drug-likeness (QED) is 0.339. The number of nitrogens with one attached hydrogen (secondary N) is 1. The molecule has 1 rings (SSSR count). The molecule has 0 fully saturated rings. The van der Waals surface area contributed by atoms with Crippen molar-refractivity contribution in [3.8, 4) is 12.0 Å². The Balaban J connectivity index is 2.79. The van der Waals surface area contributed by atoms with Gasteiger partial charge in [-0.3, -0.25) is 9.59 Å². The molecule has 1 aromatic carbocycles. The third-order valence-electron chi connectivity index (χ3n) is 1.66. The zero-order valence-corrected chi connectivity index (χ0v) is 8.15. The lowest BCUT2D eigenvalue weighted by atomic mass is 10.1. The molecule has 0 aromatic heterocycles. The zero-order valence-electron chi connectivity index (χ0n) is 8.15. The molecule has 0 aliphatic heterocycles. The molecule has 15 heavy (non-hydrogen) atoms. The van der Waals surface area contributed by atoms with Crippen molar-refractivity contribution in [2.45, 2.75) is 6.92 Å². The Morgan fingerprint density at radius 1 is 1.47 bits per heavy atom. The van der Waals surface area contributed by atoms with Gasteiger partial charge in [0.25, 0.3) is 5.91 Å². The van der Waals surface area contributed by atoms with Crippen LogP contribution in [0.15, 0.2) is 24.3 Å². The van der Waals surface area contributed by atoms with Gasteiger partial charge in [-0.25, -0.2) is 5.43 Å². The number of amides is 1. The first-order valence-electron chi connectivity index (χ1n) is 4.25. The fourth-order valence-corrected chi connectivity index (χ4v) is 0.989. The maximum atomic E-state index is 11.4. The highest BCUT2D eigenvalue weighted by molar-refractivity contribution is 6.01. The second kappa shape index (κ2) is 5.45.